The minimum absolute atomic E-state index is 0.0531. The molecule has 0 unspecified atom stereocenters. The highest BCUT2D eigenvalue weighted by molar-refractivity contribution is 7.90. The molecule has 0 bridgehead atoms. The standard InChI is InChI=1S/C12H14N4O4S/c1-21(19,20)6-5-15-8-11(13)12(14-15)9-3-2-4-10(7-9)16(17)18/h2-4,7-8H,5-6,13H2,1H3. The lowest BCUT2D eigenvalue weighted by atomic mass is 10.1. The second-order valence-electron chi connectivity index (χ2n) is 4.63. The monoisotopic (exact) mass is 310 g/mol. The maximum atomic E-state index is 11.1. The molecule has 0 radical (unpaired) electrons. The molecule has 1 heterocycles. The molecule has 0 atom stereocenters. The van der Waals surface area contributed by atoms with Crippen LogP contribution in [0.1, 0.15) is 0 Å². The van der Waals surface area contributed by atoms with E-state index in [1.54, 1.807) is 12.1 Å². The van der Waals surface area contributed by atoms with Gasteiger partial charge in [-0.2, -0.15) is 5.10 Å². The van der Waals surface area contributed by atoms with E-state index in [0.29, 0.717) is 16.9 Å². The first-order chi connectivity index (χ1) is 9.76. The van der Waals surface area contributed by atoms with Crippen LogP contribution in [0.4, 0.5) is 11.4 Å². The molecule has 2 rings (SSSR count). The zero-order valence-corrected chi connectivity index (χ0v) is 12.1. The van der Waals surface area contributed by atoms with Crippen molar-refractivity contribution in [3.63, 3.8) is 0 Å². The highest BCUT2D eigenvalue weighted by Gasteiger charge is 2.13. The number of nitro benzene ring substituents is 1. The third-order valence-electron chi connectivity index (χ3n) is 2.81. The van der Waals surface area contributed by atoms with Crippen LogP contribution in [0.15, 0.2) is 30.5 Å². The second-order valence-corrected chi connectivity index (χ2v) is 6.89. The summed E-state index contributed by atoms with van der Waals surface area (Å²) in [5.74, 6) is -0.0531. The van der Waals surface area contributed by atoms with Gasteiger partial charge in [-0.15, -0.1) is 0 Å². The van der Waals surface area contributed by atoms with E-state index >= 15 is 0 Å². The molecule has 0 saturated carbocycles. The lowest BCUT2D eigenvalue weighted by Gasteiger charge is -2.00. The van der Waals surface area contributed by atoms with Gasteiger partial charge in [0, 0.05) is 30.1 Å². The number of non-ortho nitro benzene ring substituents is 1. The summed E-state index contributed by atoms with van der Waals surface area (Å²) in [5, 5.41) is 15.0. The van der Waals surface area contributed by atoms with Crippen LogP contribution in [0.25, 0.3) is 11.3 Å². The van der Waals surface area contributed by atoms with Gasteiger partial charge < -0.3 is 5.73 Å². The average molecular weight is 310 g/mol. The first kappa shape index (κ1) is 15.0. The Balaban J connectivity index is 2.31. The number of anilines is 1. The number of nitrogens with two attached hydrogens (primary N) is 1. The van der Waals surface area contributed by atoms with Crippen molar-refractivity contribution in [2.24, 2.45) is 0 Å². The Kier molecular flexibility index (Phi) is 3.94. The molecular weight excluding hydrogens is 296 g/mol. The lowest BCUT2D eigenvalue weighted by Crippen LogP contribution is -2.11. The summed E-state index contributed by atoms with van der Waals surface area (Å²) in [7, 11) is -3.10. The van der Waals surface area contributed by atoms with Gasteiger partial charge in [-0.1, -0.05) is 12.1 Å². The predicted octanol–water partition coefficient (Wildman–Crippen LogP) is 1.09. The summed E-state index contributed by atoms with van der Waals surface area (Å²) in [4.78, 5) is 10.3. The largest absolute Gasteiger partial charge is 0.396 e. The van der Waals surface area contributed by atoms with E-state index in [1.807, 2.05) is 0 Å². The number of aromatic nitrogens is 2. The molecule has 2 N–H and O–H groups in total. The van der Waals surface area contributed by atoms with Gasteiger partial charge in [0.2, 0.25) is 0 Å². The third kappa shape index (κ3) is 3.78. The van der Waals surface area contributed by atoms with Gasteiger partial charge >= 0.3 is 0 Å². The normalized spacial score (nSPS) is 11.5. The topological polar surface area (TPSA) is 121 Å². The van der Waals surface area contributed by atoms with Crippen molar-refractivity contribution in [1.82, 2.24) is 9.78 Å². The van der Waals surface area contributed by atoms with Gasteiger partial charge in [-0.3, -0.25) is 14.8 Å². The number of hydrogen-bond acceptors (Lipinski definition) is 6. The number of nitro groups is 1. The van der Waals surface area contributed by atoms with E-state index in [-0.39, 0.29) is 18.0 Å². The molecule has 0 spiro atoms. The number of aryl methyl sites for hydroxylation is 1. The highest BCUT2D eigenvalue weighted by atomic mass is 32.2. The third-order valence-corrected chi connectivity index (χ3v) is 3.74. The number of nitrogen functional groups attached to an aromatic ring is 1. The molecule has 9 heteroatoms. The van der Waals surface area contributed by atoms with Crippen molar-refractivity contribution in [3.8, 4) is 11.3 Å². The molecule has 0 fully saturated rings. The maximum Gasteiger partial charge on any atom is 0.270 e. The molecule has 1 aromatic carbocycles. The summed E-state index contributed by atoms with van der Waals surface area (Å²) in [6.45, 7) is 0.179. The van der Waals surface area contributed by atoms with Crippen LogP contribution in [0, 0.1) is 10.1 Å². The van der Waals surface area contributed by atoms with Crippen molar-refractivity contribution >= 4 is 21.2 Å². The Morgan fingerprint density at radius 2 is 2.14 bits per heavy atom. The molecule has 2 aromatic rings. The van der Waals surface area contributed by atoms with E-state index in [9.17, 15) is 18.5 Å². The maximum absolute atomic E-state index is 11.1. The number of sulfone groups is 1. The fourth-order valence-electron chi connectivity index (χ4n) is 1.80. The molecule has 21 heavy (non-hydrogen) atoms. The van der Waals surface area contributed by atoms with E-state index in [4.69, 9.17) is 5.73 Å². The zero-order valence-electron chi connectivity index (χ0n) is 11.3. The number of rotatable bonds is 5. The first-order valence-electron chi connectivity index (χ1n) is 6.02. The molecule has 1 aromatic heterocycles. The zero-order chi connectivity index (χ0) is 15.6. The van der Waals surface area contributed by atoms with Crippen LogP contribution in [0.2, 0.25) is 0 Å². The molecule has 8 nitrogen and oxygen atoms in total. The Morgan fingerprint density at radius 1 is 1.43 bits per heavy atom. The molecule has 0 aliphatic carbocycles. The lowest BCUT2D eigenvalue weighted by molar-refractivity contribution is -0.384. The van der Waals surface area contributed by atoms with Gasteiger partial charge in [0.05, 0.1) is 22.9 Å². The van der Waals surface area contributed by atoms with E-state index in [1.165, 1.54) is 23.0 Å². The Labute approximate surface area is 121 Å². The molecule has 0 aliphatic rings. The van der Waals surface area contributed by atoms with E-state index in [2.05, 4.69) is 5.10 Å². The highest BCUT2D eigenvalue weighted by Crippen LogP contribution is 2.27. The number of nitrogens with zero attached hydrogens (tertiary/aromatic N) is 3. The Bertz CT molecular complexity index is 782. The second kappa shape index (κ2) is 5.52. The van der Waals surface area contributed by atoms with E-state index in [0.717, 1.165) is 6.26 Å². The number of benzene rings is 1. The average Bonchev–Trinajstić information content (AvgIpc) is 2.77. The summed E-state index contributed by atoms with van der Waals surface area (Å²) in [6, 6.07) is 5.95. The first-order valence-corrected chi connectivity index (χ1v) is 8.08. The van der Waals surface area contributed by atoms with Gasteiger partial charge in [0.1, 0.15) is 15.5 Å². The van der Waals surface area contributed by atoms with Gasteiger partial charge in [0.15, 0.2) is 0 Å². The Morgan fingerprint density at radius 3 is 2.76 bits per heavy atom. The fourth-order valence-corrected chi connectivity index (χ4v) is 2.32. The quantitative estimate of drug-likeness (QED) is 0.651. The number of hydrogen-bond donors (Lipinski definition) is 1. The SMILES string of the molecule is CS(=O)(=O)CCn1cc(N)c(-c2cccc([N+](=O)[O-])c2)n1. The summed E-state index contributed by atoms with van der Waals surface area (Å²) in [5.41, 5.74) is 7.02. The van der Waals surface area contributed by atoms with Crippen LogP contribution in [0.3, 0.4) is 0 Å². The van der Waals surface area contributed by atoms with E-state index < -0.39 is 14.8 Å². The summed E-state index contributed by atoms with van der Waals surface area (Å²) < 4.78 is 23.7. The van der Waals surface area contributed by atoms with Crippen LogP contribution >= 0.6 is 0 Å². The van der Waals surface area contributed by atoms with Crippen molar-refractivity contribution in [2.75, 3.05) is 17.7 Å². The van der Waals surface area contributed by atoms with Crippen molar-refractivity contribution in [3.05, 3.63) is 40.6 Å². The molecule has 0 saturated heterocycles. The van der Waals surface area contributed by atoms with Crippen LogP contribution < -0.4 is 5.73 Å². The van der Waals surface area contributed by atoms with Crippen molar-refractivity contribution in [1.29, 1.82) is 0 Å². The predicted molar refractivity (Wildman–Crippen MR) is 78.4 cm³/mol. The molecule has 0 aliphatic heterocycles. The summed E-state index contributed by atoms with van der Waals surface area (Å²) in [6.07, 6.45) is 2.65. The molecule has 112 valence electrons. The van der Waals surface area contributed by atoms with Crippen molar-refractivity contribution < 1.29 is 13.3 Å². The smallest absolute Gasteiger partial charge is 0.270 e. The minimum atomic E-state index is -3.10. The fraction of sp³-hybridized carbons (Fsp3) is 0.250. The van der Waals surface area contributed by atoms with Crippen LogP contribution in [-0.4, -0.2) is 35.1 Å². The minimum Gasteiger partial charge on any atom is -0.396 e. The van der Waals surface area contributed by atoms with Crippen LogP contribution in [-0.2, 0) is 16.4 Å². The summed E-state index contributed by atoms with van der Waals surface area (Å²) >= 11 is 0. The van der Waals surface area contributed by atoms with Crippen molar-refractivity contribution in [2.45, 2.75) is 6.54 Å². The van der Waals surface area contributed by atoms with Crippen LogP contribution in [0.5, 0.6) is 0 Å². The Hall–Kier alpha value is -2.42. The molecule has 0 amide bonds. The van der Waals surface area contributed by atoms with Gasteiger partial charge in [-0.25, -0.2) is 8.42 Å². The van der Waals surface area contributed by atoms with Gasteiger partial charge in [0.25, 0.3) is 5.69 Å². The molecular formula is C12H14N4O4S. The van der Waals surface area contributed by atoms with Gasteiger partial charge in [-0.05, 0) is 0 Å².